The highest BCUT2D eigenvalue weighted by molar-refractivity contribution is 5.71. The molecule has 2 atom stereocenters. The van der Waals surface area contributed by atoms with E-state index in [1.54, 1.807) is 0 Å². The molecule has 1 N–H and O–H groups in total. The zero-order valence-electron chi connectivity index (χ0n) is 7.49. The molecule has 0 amide bonds. The lowest BCUT2D eigenvalue weighted by molar-refractivity contribution is -0.151. The maximum absolute atomic E-state index is 11.0. The maximum Gasteiger partial charge on any atom is 0.307 e. The fourth-order valence-corrected chi connectivity index (χ4v) is 3.18. The van der Waals surface area contributed by atoms with E-state index in [4.69, 9.17) is 5.11 Å². The Morgan fingerprint density at radius 3 is 2.00 bits per heavy atom. The van der Waals surface area contributed by atoms with E-state index in [1.165, 1.54) is 12.8 Å². The molecule has 3 saturated carbocycles. The van der Waals surface area contributed by atoms with Crippen LogP contribution in [0, 0.1) is 23.7 Å². The molecule has 0 aromatic rings. The number of hydrogen-bond donors (Lipinski definition) is 1. The van der Waals surface area contributed by atoms with E-state index in [9.17, 15) is 4.79 Å². The standard InChI is InChI=1S/C10H16O2/c1-6-7-2-4-8(5-3-7)9(6)10(11)12/h6-9H,2-5H2,1H3,(H,11,12)/t6-,7?,8?,9+/m1/s1. The Morgan fingerprint density at radius 2 is 1.67 bits per heavy atom. The van der Waals surface area contributed by atoms with Gasteiger partial charge in [0.2, 0.25) is 0 Å². The zero-order valence-corrected chi connectivity index (χ0v) is 7.49. The van der Waals surface area contributed by atoms with Gasteiger partial charge < -0.3 is 5.11 Å². The third-order valence-electron chi connectivity index (χ3n) is 3.92. The molecule has 3 aliphatic carbocycles. The molecule has 0 spiro atoms. The van der Waals surface area contributed by atoms with Crippen LogP contribution in [0.2, 0.25) is 0 Å². The van der Waals surface area contributed by atoms with Crippen LogP contribution < -0.4 is 0 Å². The minimum Gasteiger partial charge on any atom is -0.481 e. The van der Waals surface area contributed by atoms with Crippen LogP contribution in [0.15, 0.2) is 0 Å². The first-order valence-corrected chi connectivity index (χ1v) is 4.93. The minimum absolute atomic E-state index is 0.0301. The Bertz CT molecular complexity index is 190. The van der Waals surface area contributed by atoms with Crippen LogP contribution >= 0.6 is 0 Å². The van der Waals surface area contributed by atoms with Crippen molar-refractivity contribution in [1.82, 2.24) is 0 Å². The van der Waals surface area contributed by atoms with Gasteiger partial charge in [0.25, 0.3) is 0 Å². The Hall–Kier alpha value is -0.530. The summed E-state index contributed by atoms with van der Waals surface area (Å²) in [5.41, 5.74) is 0. The van der Waals surface area contributed by atoms with Gasteiger partial charge in [0.15, 0.2) is 0 Å². The maximum atomic E-state index is 11.0. The number of carboxylic acids is 1. The van der Waals surface area contributed by atoms with Gasteiger partial charge in [-0.15, -0.1) is 0 Å². The molecule has 0 radical (unpaired) electrons. The fraction of sp³-hybridized carbons (Fsp3) is 0.900. The smallest absolute Gasteiger partial charge is 0.307 e. The number of carbonyl (C=O) groups is 1. The van der Waals surface area contributed by atoms with Crippen molar-refractivity contribution in [1.29, 1.82) is 0 Å². The van der Waals surface area contributed by atoms with Crippen molar-refractivity contribution < 1.29 is 9.90 Å². The lowest BCUT2D eigenvalue weighted by Gasteiger charge is -2.45. The van der Waals surface area contributed by atoms with Gasteiger partial charge in [-0.2, -0.15) is 0 Å². The van der Waals surface area contributed by atoms with Crippen molar-refractivity contribution in [2.75, 3.05) is 0 Å². The van der Waals surface area contributed by atoms with E-state index in [-0.39, 0.29) is 5.92 Å². The predicted octanol–water partition coefficient (Wildman–Crippen LogP) is 2.14. The number of aliphatic carboxylic acids is 1. The van der Waals surface area contributed by atoms with Crippen LogP contribution in [-0.4, -0.2) is 11.1 Å². The Labute approximate surface area is 73.0 Å². The summed E-state index contributed by atoms with van der Waals surface area (Å²) in [7, 11) is 0. The third kappa shape index (κ3) is 1.05. The average Bonchev–Trinajstić information content (AvgIpc) is 2.05. The summed E-state index contributed by atoms with van der Waals surface area (Å²) in [6, 6.07) is 0. The first-order valence-electron chi connectivity index (χ1n) is 4.93. The molecule has 2 heteroatoms. The second kappa shape index (κ2) is 2.75. The van der Waals surface area contributed by atoms with Crippen LogP contribution in [0.3, 0.4) is 0 Å². The lowest BCUT2D eigenvalue weighted by atomic mass is 9.59. The number of fused-ring (bicyclic) bond motifs is 3. The SMILES string of the molecule is C[C@@H]1C2CCC(CC2)[C@H]1C(=O)O. The van der Waals surface area contributed by atoms with Gasteiger partial charge in [0, 0.05) is 0 Å². The number of carboxylic acid groups (broad SMARTS) is 1. The van der Waals surface area contributed by atoms with Gasteiger partial charge in [-0.05, 0) is 43.4 Å². The molecule has 3 aliphatic rings. The molecular weight excluding hydrogens is 152 g/mol. The Morgan fingerprint density at radius 1 is 1.17 bits per heavy atom. The van der Waals surface area contributed by atoms with Gasteiger partial charge in [-0.1, -0.05) is 6.92 Å². The zero-order chi connectivity index (χ0) is 8.72. The number of rotatable bonds is 1. The van der Waals surface area contributed by atoms with Crippen molar-refractivity contribution in [3.05, 3.63) is 0 Å². The largest absolute Gasteiger partial charge is 0.481 e. The van der Waals surface area contributed by atoms with Crippen molar-refractivity contribution in [2.24, 2.45) is 23.7 Å². The summed E-state index contributed by atoms with van der Waals surface area (Å²) in [4.78, 5) is 11.0. The molecule has 3 rings (SSSR count). The highest BCUT2D eigenvalue weighted by atomic mass is 16.4. The van der Waals surface area contributed by atoms with E-state index >= 15 is 0 Å². The molecule has 68 valence electrons. The molecule has 12 heavy (non-hydrogen) atoms. The van der Waals surface area contributed by atoms with E-state index in [2.05, 4.69) is 6.92 Å². The molecule has 3 fully saturated rings. The van der Waals surface area contributed by atoms with Crippen LogP contribution in [0.1, 0.15) is 32.6 Å². The summed E-state index contributed by atoms with van der Waals surface area (Å²) < 4.78 is 0. The van der Waals surface area contributed by atoms with Crippen molar-refractivity contribution in [3.63, 3.8) is 0 Å². The topological polar surface area (TPSA) is 37.3 Å². The second-order valence-electron chi connectivity index (χ2n) is 4.40. The second-order valence-corrected chi connectivity index (χ2v) is 4.40. The first-order chi connectivity index (χ1) is 5.70. The quantitative estimate of drug-likeness (QED) is 0.651. The van der Waals surface area contributed by atoms with Crippen LogP contribution in [0.5, 0.6) is 0 Å². The van der Waals surface area contributed by atoms with Gasteiger partial charge in [0.05, 0.1) is 5.92 Å². The summed E-state index contributed by atoms with van der Waals surface area (Å²) in [5.74, 6) is 1.03. The molecule has 2 nitrogen and oxygen atoms in total. The van der Waals surface area contributed by atoms with Gasteiger partial charge in [0.1, 0.15) is 0 Å². The van der Waals surface area contributed by atoms with Crippen molar-refractivity contribution in [3.8, 4) is 0 Å². The average molecular weight is 168 g/mol. The summed E-state index contributed by atoms with van der Waals surface area (Å²) >= 11 is 0. The summed E-state index contributed by atoms with van der Waals surface area (Å²) in [6.45, 7) is 2.12. The highest BCUT2D eigenvalue weighted by Gasteiger charge is 2.44. The summed E-state index contributed by atoms with van der Waals surface area (Å²) in [5, 5.41) is 9.03. The number of hydrogen-bond acceptors (Lipinski definition) is 1. The Kier molecular flexibility index (Phi) is 1.85. The molecule has 0 heterocycles. The van der Waals surface area contributed by atoms with E-state index in [0.29, 0.717) is 17.8 Å². The normalized spacial score (nSPS) is 46.1. The van der Waals surface area contributed by atoms with Crippen LogP contribution in [-0.2, 0) is 4.79 Å². The van der Waals surface area contributed by atoms with Gasteiger partial charge in [-0.25, -0.2) is 0 Å². The molecule has 0 aromatic carbocycles. The van der Waals surface area contributed by atoms with Crippen molar-refractivity contribution >= 4 is 5.97 Å². The predicted molar refractivity (Wildman–Crippen MR) is 45.7 cm³/mol. The molecule has 2 bridgehead atoms. The van der Waals surface area contributed by atoms with Crippen LogP contribution in [0.25, 0.3) is 0 Å². The molecule has 0 aromatic heterocycles. The highest BCUT2D eigenvalue weighted by Crippen LogP contribution is 2.48. The first kappa shape index (κ1) is 8.09. The van der Waals surface area contributed by atoms with Crippen molar-refractivity contribution in [2.45, 2.75) is 32.6 Å². The minimum atomic E-state index is -0.558. The molecule has 0 aliphatic heterocycles. The lowest BCUT2D eigenvalue weighted by Crippen LogP contribution is -2.42. The monoisotopic (exact) mass is 168 g/mol. The third-order valence-corrected chi connectivity index (χ3v) is 3.92. The van der Waals surface area contributed by atoms with Gasteiger partial charge >= 0.3 is 5.97 Å². The summed E-state index contributed by atoms with van der Waals surface area (Å²) in [6.07, 6.45) is 4.86. The van der Waals surface area contributed by atoms with E-state index in [1.807, 2.05) is 0 Å². The molecule has 0 saturated heterocycles. The van der Waals surface area contributed by atoms with E-state index < -0.39 is 5.97 Å². The molecular formula is C10H16O2. The Balaban J connectivity index is 2.18. The van der Waals surface area contributed by atoms with Crippen LogP contribution in [0.4, 0.5) is 0 Å². The van der Waals surface area contributed by atoms with E-state index in [0.717, 1.165) is 12.8 Å². The molecule has 0 unspecified atom stereocenters. The fourth-order valence-electron chi connectivity index (χ4n) is 3.18. The van der Waals surface area contributed by atoms with Gasteiger partial charge in [-0.3, -0.25) is 4.79 Å².